The third-order valence-corrected chi connectivity index (χ3v) is 7.56. The summed E-state index contributed by atoms with van der Waals surface area (Å²) in [5, 5.41) is 7.39. The number of anilines is 2. The highest BCUT2D eigenvalue weighted by atomic mass is 35.5. The molecule has 0 radical (unpaired) electrons. The van der Waals surface area contributed by atoms with Gasteiger partial charge in [0.15, 0.2) is 0 Å². The number of piperidine rings is 1. The van der Waals surface area contributed by atoms with Crippen molar-refractivity contribution < 1.29 is 9.53 Å². The van der Waals surface area contributed by atoms with Crippen LogP contribution in [0.15, 0.2) is 66.7 Å². The standard InChI is InChI=1S/C30H30ClN5O2/c1-38-16-15-36-13-11-21(12-14-36)32-22-8-10-24-23(18-22)28(30(37)35-24)27(19-5-3-2-4-6-19)29-33-25-9-7-20(31)17-26(25)34-29/h2-10,17-18,21,32H,11-16H2,1H3,(H,33,34)(H,35,37)/b28-27-. The fourth-order valence-corrected chi connectivity index (χ4v) is 5.53. The highest BCUT2D eigenvalue weighted by molar-refractivity contribution is 6.38. The Balaban J connectivity index is 1.37. The zero-order chi connectivity index (χ0) is 26.1. The number of imidazole rings is 1. The molecular weight excluding hydrogens is 498 g/mol. The summed E-state index contributed by atoms with van der Waals surface area (Å²) in [5.41, 5.74) is 6.59. The number of aromatic amines is 1. The van der Waals surface area contributed by atoms with E-state index in [9.17, 15) is 4.79 Å². The van der Waals surface area contributed by atoms with Crippen LogP contribution in [0.2, 0.25) is 5.02 Å². The minimum atomic E-state index is -0.138. The van der Waals surface area contributed by atoms with Crippen molar-refractivity contribution in [2.75, 3.05) is 44.0 Å². The second-order valence-corrected chi connectivity index (χ2v) is 10.3. The van der Waals surface area contributed by atoms with E-state index in [0.717, 1.165) is 78.2 Å². The molecule has 0 aliphatic carbocycles. The number of carbonyl (C=O) groups is 1. The number of methoxy groups -OCH3 is 1. The van der Waals surface area contributed by atoms with E-state index in [4.69, 9.17) is 21.3 Å². The maximum atomic E-state index is 13.4. The summed E-state index contributed by atoms with van der Waals surface area (Å²) < 4.78 is 5.23. The van der Waals surface area contributed by atoms with Gasteiger partial charge in [-0.15, -0.1) is 0 Å². The number of hydrogen-bond donors (Lipinski definition) is 3. The number of fused-ring (bicyclic) bond motifs is 2. The predicted octanol–water partition coefficient (Wildman–Crippen LogP) is 5.65. The van der Waals surface area contributed by atoms with Gasteiger partial charge in [-0.3, -0.25) is 4.79 Å². The normalized spacial score (nSPS) is 17.5. The van der Waals surface area contributed by atoms with E-state index < -0.39 is 0 Å². The fourth-order valence-electron chi connectivity index (χ4n) is 5.36. The Morgan fingerprint density at radius 1 is 1.11 bits per heavy atom. The monoisotopic (exact) mass is 527 g/mol. The van der Waals surface area contributed by atoms with Gasteiger partial charge >= 0.3 is 0 Å². The van der Waals surface area contributed by atoms with Crippen LogP contribution in [0, 0.1) is 0 Å². The maximum absolute atomic E-state index is 13.4. The number of rotatable bonds is 7. The number of aromatic nitrogens is 2. The molecule has 3 aromatic carbocycles. The van der Waals surface area contributed by atoms with Crippen molar-refractivity contribution in [2.24, 2.45) is 0 Å². The summed E-state index contributed by atoms with van der Waals surface area (Å²) in [6.07, 6.45) is 2.13. The van der Waals surface area contributed by atoms with Crippen molar-refractivity contribution in [3.05, 3.63) is 88.7 Å². The van der Waals surface area contributed by atoms with Crippen LogP contribution in [0.25, 0.3) is 22.2 Å². The molecule has 0 spiro atoms. The van der Waals surface area contributed by atoms with E-state index in [1.807, 2.05) is 60.7 Å². The van der Waals surface area contributed by atoms with Crippen LogP contribution in [0.5, 0.6) is 0 Å². The van der Waals surface area contributed by atoms with Crippen molar-refractivity contribution in [3.63, 3.8) is 0 Å². The number of nitrogens with zero attached hydrogens (tertiary/aromatic N) is 2. The van der Waals surface area contributed by atoms with Crippen molar-refractivity contribution >= 4 is 51.1 Å². The van der Waals surface area contributed by atoms with E-state index in [2.05, 4.69) is 26.6 Å². The number of H-pyrrole nitrogens is 1. The van der Waals surface area contributed by atoms with Gasteiger partial charge in [-0.1, -0.05) is 41.9 Å². The smallest absolute Gasteiger partial charge is 0.257 e. The van der Waals surface area contributed by atoms with Crippen molar-refractivity contribution in [1.29, 1.82) is 0 Å². The van der Waals surface area contributed by atoms with E-state index in [1.165, 1.54) is 0 Å². The molecule has 0 saturated carbocycles. The van der Waals surface area contributed by atoms with Gasteiger partial charge in [-0.25, -0.2) is 4.98 Å². The first-order chi connectivity index (χ1) is 18.6. The Bertz CT molecular complexity index is 1510. The quantitative estimate of drug-likeness (QED) is 0.271. The molecular formula is C30H30ClN5O2. The van der Waals surface area contributed by atoms with Crippen molar-refractivity contribution in [1.82, 2.24) is 14.9 Å². The molecule has 1 saturated heterocycles. The van der Waals surface area contributed by atoms with E-state index in [1.54, 1.807) is 7.11 Å². The molecule has 0 atom stereocenters. The number of ether oxygens (including phenoxy) is 1. The van der Waals surface area contributed by atoms with Crippen LogP contribution in [-0.4, -0.2) is 60.2 Å². The lowest BCUT2D eigenvalue weighted by atomic mass is 9.94. The molecule has 2 aliphatic rings. The molecule has 1 amide bonds. The largest absolute Gasteiger partial charge is 0.383 e. The van der Waals surface area contributed by atoms with Crippen LogP contribution in [0.1, 0.15) is 29.8 Å². The summed E-state index contributed by atoms with van der Waals surface area (Å²) in [7, 11) is 1.75. The minimum Gasteiger partial charge on any atom is -0.383 e. The van der Waals surface area contributed by atoms with Crippen LogP contribution >= 0.6 is 11.6 Å². The second-order valence-electron chi connectivity index (χ2n) is 9.83. The first-order valence-electron chi connectivity index (χ1n) is 13.0. The Labute approximate surface area is 226 Å². The fraction of sp³-hybridized carbons (Fsp3) is 0.267. The molecule has 7 nitrogen and oxygen atoms in total. The molecule has 6 rings (SSSR count). The molecule has 1 fully saturated rings. The lowest BCUT2D eigenvalue weighted by Gasteiger charge is -2.32. The van der Waals surface area contributed by atoms with Crippen LogP contribution in [0.3, 0.4) is 0 Å². The maximum Gasteiger partial charge on any atom is 0.257 e. The van der Waals surface area contributed by atoms with E-state index >= 15 is 0 Å². The zero-order valence-corrected chi connectivity index (χ0v) is 22.0. The highest BCUT2D eigenvalue weighted by Gasteiger charge is 2.30. The van der Waals surface area contributed by atoms with Gasteiger partial charge in [0, 0.05) is 60.3 Å². The van der Waals surface area contributed by atoms with Gasteiger partial charge in [0.2, 0.25) is 0 Å². The van der Waals surface area contributed by atoms with Gasteiger partial charge in [0.05, 0.1) is 23.2 Å². The first-order valence-corrected chi connectivity index (χ1v) is 13.4. The van der Waals surface area contributed by atoms with Gasteiger partial charge in [-0.2, -0.15) is 0 Å². The molecule has 4 aromatic rings. The summed E-state index contributed by atoms with van der Waals surface area (Å²) in [4.78, 5) is 24.1. The topological polar surface area (TPSA) is 82.3 Å². The van der Waals surface area contributed by atoms with E-state index in [0.29, 0.717) is 22.5 Å². The molecule has 38 heavy (non-hydrogen) atoms. The number of halogens is 1. The average Bonchev–Trinajstić information content (AvgIpc) is 3.49. The molecule has 3 N–H and O–H groups in total. The number of hydrogen-bond acceptors (Lipinski definition) is 5. The Hall–Kier alpha value is -3.65. The SMILES string of the molecule is COCCN1CCC(Nc2ccc3c(c2)/C(=C(\c2ccccc2)c2nc4cc(Cl)ccc4[nH]2)C(=O)N3)CC1. The Morgan fingerprint density at radius 3 is 2.71 bits per heavy atom. The third kappa shape index (κ3) is 4.92. The summed E-state index contributed by atoms with van der Waals surface area (Å²) in [6.45, 7) is 3.83. The molecule has 0 bridgehead atoms. The minimum absolute atomic E-state index is 0.138. The zero-order valence-electron chi connectivity index (χ0n) is 21.3. The van der Waals surface area contributed by atoms with Gasteiger partial charge in [0.25, 0.3) is 5.91 Å². The van der Waals surface area contributed by atoms with Gasteiger partial charge in [0.1, 0.15) is 5.82 Å². The molecule has 0 unspecified atom stereocenters. The number of nitrogens with one attached hydrogen (secondary N) is 3. The van der Waals surface area contributed by atoms with Crippen LogP contribution in [-0.2, 0) is 9.53 Å². The Kier molecular flexibility index (Phi) is 6.89. The second kappa shape index (κ2) is 10.6. The molecule has 1 aromatic heterocycles. The summed E-state index contributed by atoms with van der Waals surface area (Å²) in [5.74, 6) is 0.495. The molecule has 194 valence electrons. The van der Waals surface area contributed by atoms with Crippen LogP contribution in [0.4, 0.5) is 11.4 Å². The van der Waals surface area contributed by atoms with E-state index in [-0.39, 0.29) is 5.91 Å². The van der Waals surface area contributed by atoms with Crippen LogP contribution < -0.4 is 10.6 Å². The lowest BCUT2D eigenvalue weighted by molar-refractivity contribution is -0.110. The lowest BCUT2D eigenvalue weighted by Crippen LogP contribution is -2.40. The third-order valence-electron chi connectivity index (χ3n) is 7.33. The average molecular weight is 528 g/mol. The number of amides is 1. The number of likely N-dealkylation sites (tertiary alicyclic amines) is 1. The number of carbonyl (C=O) groups excluding carboxylic acids is 1. The molecule has 3 heterocycles. The molecule has 2 aliphatic heterocycles. The first kappa shape index (κ1) is 24.7. The summed E-state index contributed by atoms with van der Waals surface area (Å²) in [6, 6.07) is 22.0. The van der Waals surface area contributed by atoms with Gasteiger partial charge in [-0.05, 0) is 54.8 Å². The van der Waals surface area contributed by atoms with Crippen molar-refractivity contribution in [2.45, 2.75) is 18.9 Å². The highest BCUT2D eigenvalue weighted by Crippen LogP contribution is 2.41. The predicted molar refractivity (Wildman–Crippen MR) is 153 cm³/mol. The Morgan fingerprint density at radius 2 is 1.92 bits per heavy atom. The van der Waals surface area contributed by atoms with Crippen molar-refractivity contribution in [3.8, 4) is 0 Å². The number of benzene rings is 3. The molecule has 8 heteroatoms. The summed E-state index contributed by atoms with van der Waals surface area (Å²) >= 11 is 6.22. The van der Waals surface area contributed by atoms with Gasteiger partial charge < -0.3 is 25.3 Å².